The minimum atomic E-state index is 0.639. The molecular formula is C10H19NO. The molecule has 0 atom stereocenters. The van der Waals surface area contributed by atoms with E-state index in [0.29, 0.717) is 6.54 Å². The van der Waals surface area contributed by atoms with Crippen LogP contribution in [-0.2, 0) is 4.74 Å². The molecular weight excluding hydrogens is 150 g/mol. The molecule has 0 heterocycles. The second-order valence-electron chi connectivity index (χ2n) is 2.86. The molecule has 2 nitrogen and oxygen atoms in total. The topological polar surface area (TPSA) is 35.2 Å². The zero-order chi connectivity index (χ0) is 9.40. The van der Waals surface area contributed by atoms with Crippen LogP contribution in [0.5, 0.6) is 0 Å². The monoisotopic (exact) mass is 169 g/mol. The van der Waals surface area contributed by atoms with Crippen LogP contribution in [0.1, 0.15) is 33.6 Å². The molecule has 0 amide bonds. The lowest BCUT2D eigenvalue weighted by Gasteiger charge is -2.06. The van der Waals surface area contributed by atoms with Gasteiger partial charge in [0.2, 0.25) is 0 Å². The maximum Gasteiger partial charge on any atom is 0.103 e. The van der Waals surface area contributed by atoms with Crippen LogP contribution in [0.3, 0.4) is 0 Å². The first kappa shape index (κ1) is 11.2. The van der Waals surface area contributed by atoms with Gasteiger partial charge in [-0.05, 0) is 38.5 Å². The molecule has 12 heavy (non-hydrogen) atoms. The molecule has 0 aliphatic carbocycles. The minimum Gasteiger partial charge on any atom is -0.470 e. The van der Waals surface area contributed by atoms with E-state index in [1.807, 2.05) is 19.9 Å². The van der Waals surface area contributed by atoms with E-state index >= 15 is 0 Å². The predicted octanol–water partition coefficient (Wildman–Crippen LogP) is 2.57. The van der Waals surface area contributed by atoms with Crippen molar-refractivity contribution in [1.82, 2.24) is 0 Å². The molecule has 0 aliphatic rings. The highest BCUT2D eigenvalue weighted by atomic mass is 16.5. The fraction of sp³-hybridized carbons (Fsp3) is 0.600. The summed E-state index contributed by atoms with van der Waals surface area (Å²) in [5.41, 5.74) is 6.63. The lowest BCUT2D eigenvalue weighted by Crippen LogP contribution is -2.02. The number of hydrogen-bond donors (Lipinski definition) is 1. The van der Waals surface area contributed by atoms with Crippen molar-refractivity contribution in [2.45, 2.75) is 33.6 Å². The molecule has 0 saturated heterocycles. The van der Waals surface area contributed by atoms with Crippen molar-refractivity contribution in [2.24, 2.45) is 5.73 Å². The summed E-state index contributed by atoms with van der Waals surface area (Å²) in [7, 11) is 0. The van der Waals surface area contributed by atoms with Crippen LogP contribution in [0, 0.1) is 0 Å². The van der Waals surface area contributed by atoms with Crippen LogP contribution in [0.15, 0.2) is 23.7 Å². The summed E-state index contributed by atoms with van der Waals surface area (Å²) in [6.45, 7) is 6.78. The maximum absolute atomic E-state index is 5.43. The first-order chi connectivity index (χ1) is 5.72. The van der Waals surface area contributed by atoms with E-state index in [4.69, 9.17) is 10.5 Å². The van der Waals surface area contributed by atoms with Crippen LogP contribution in [-0.4, -0.2) is 6.54 Å². The Morgan fingerprint density at radius 2 is 2.08 bits per heavy atom. The van der Waals surface area contributed by atoms with E-state index in [2.05, 4.69) is 6.92 Å². The molecule has 0 aromatic heterocycles. The third-order valence-corrected chi connectivity index (χ3v) is 1.47. The average molecular weight is 169 g/mol. The summed E-state index contributed by atoms with van der Waals surface area (Å²) in [6.07, 6.45) is 5.53. The maximum atomic E-state index is 5.43. The SMILES string of the molecule is CC/C=C\OC(CCN)=C(C)C. The number of allylic oxidation sites excluding steroid dienone is 2. The van der Waals surface area contributed by atoms with Gasteiger partial charge in [0.1, 0.15) is 5.76 Å². The minimum absolute atomic E-state index is 0.639. The van der Waals surface area contributed by atoms with Crippen molar-refractivity contribution in [1.29, 1.82) is 0 Å². The van der Waals surface area contributed by atoms with Crippen molar-refractivity contribution < 1.29 is 4.74 Å². The number of hydrogen-bond acceptors (Lipinski definition) is 2. The fourth-order valence-corrected chi connectivity index (χ4v) is 0.784. The van der Waals surface area contributed by atoms with Gasteiger partial charge in [0.05, 0.1) is 6.26 Å². The van der Waals surface area contributed by atoms with Gasteiger partial charge in [-0.25, -0.2) is 0 Å². The Hall–Kier alpha value is -0.760. The van der Waals surface area contributed by atoms with Crippen molar-refractivity contribution in [3.05, 3.63) is 23.7 Å². The summed E-state index contributed by atoms with van der Waals surface area (Å²) < 4.78 is 5.40. The van der Waals surface area contributed by atoms with Crippen LogP contribution in [0.2, 0.25) is 0 Å². The van der Waals surface area contributed by atoms with E-state index < -0.39 is 0 Å². The molecule has 0 saturated carbocycles. The molecule has 0 aromatic carbocycles. The van der Waals surface area contributed by atoms with E-state index in [1.54, 1.807) is 6.26 Å². The molecule has 0 spiro atoms. The molecule has 0 aliphatic heterocycles. The Balaban J connectivity index is 3.98. The Morgan fingerprint density at radius 1 is 1.42 bits per heavy atom. The van der Waals surface area contributed by atoms with Gasteiger partial charge in [0.25, 0.3) is 0 Å². The average Bonchev–Trinajstić information content (AvgIpc) is 2.03. The zero-order valence-corrected chi connectivity index (χ0v) is 8.26. The Labute approximate surface area is 75.1 Å². The second-order valence-corrected chi connectivity index (χ2v) is 2.86. The standard InChI is InChI=1S/C10H19NO/c1-4-5-8-12-10(6-7-11)9(2)3/h5,8H,4,6-7,11H2,1-3H3/b8-5-. The zero-order valence-electron chi connectivity index (χ0n) is 8.26. The molecule has 2 N–H and O–H groups in total. The lowest BCUT2D eigenvalue weighted by molar-refractivity contribution is 0.328. The Morgan fingerprint density at radius 3 is 2.50 bits per heavy atom. The first-order valence-electron chi connectivity index (χ1n) is 4.40. The van der Waals surface area contributed by atoms with Gasteiger partial charge in [0.15, 0.2) is 0 Å². The molecule has 2 heteroatoms. The van der Waals surface area contributed by atoms with E-state index in [-0.39, 0.29) is 0 Å². The summed E-state index contributed by atoms with van der Waals surface area (Å²) in [6, 6.07) is 0. The highest BCUT2D eigenvalue weighted by molar-refractivity contribution is 5.04. The van der Waals surface area contributed by atoms with Crippen LogP contribution < -0.4 is 5.73 Å². The van der Waals surface area contributed by atoms with Gasteiger partial charge >= 0.3 is 0 Å². The fourth-order valence-electron chi connectivity index (χ4n) is 0.784. The van der Waals surface area contributed by atoms with Crippen LogP contribution >= 0.6 is 0 Å². The Kier molecular flexibility index (Phi) is 6.48. The van der Waals surface area contributed by atoms with Crippen molar-refractivity contribution in [3.8, 4) is 0 Å². The summed E-state index contributed by atoms with van der Waals surface area (Å²) >= 11 is 0. The van der Waals surface area contributed by atoms with Crippen LogP contribution in [0.25, 0.3) is 0 Å². The van der Waals surface area contributed by atoms with Crippen molar-refractivity contribution in [3.63, 3.8) is 0 Å². The van der Waals surface area contributed by atoms with Gasteiger partial charge in [-0.15, -0.1) is 0 Å². The molecule has 0 rings (SSSR count). The van der Waals surface area contributed by atoms with Gasteiger partial charge in [-0.1, -0.05) is 6.92 Å². The van der Waals surface area contributed by atoms with Crippen molar-refractivity contribution in [2.75, 3.05) is 6.54 Å². The third-order valence-electron chi connectivity index (χ3n) is 1.47. The smallest absolute Gasteiger partial charge is 0.103 e. The van der Waals surface area contributed by atoms with Gasteiger partial charge in [-0.3, -0.25) is 0 Å². The first-order valence-corrected chi connectivity index (χ1v) is 4.40. The largest absolute Gasteiger partial charge is 0.470 e. The predicted molar refractivity (Wildman–Crippen MR) is 52.6 cm³/mol. The van der Waals surface area contributed by atoms with Gasteiger partial charge < -0.3 is 10.5 Å². The molecule has 70 valence electrons. The Bertz CT molecular complexity index is 167. The number of nitrogens with two attached hydrogens (primary N) is 1. The number of rotatable bonds is 5. The highest BCUT2D eigenvalue weighted by Crippen LogP contribution is 2.09. The van der Waals surface area contributed by atoms with Crippen molar-refractivity contribution >= 4 is 0 Å². The quantitative estimate of drug-likeness (QED) is 0.642. The molecule has 0 unspecified atom stereocenters. The summed E-state index contributed by atoms with van der Waals surface area (Å²) in [5.74, 6) is 0.988. The molecule has 0 radical (unpaired) electrons. The normalized spacial score (nSPS) is 10.3. The summed E-state index contributed by atoms with van der Waals surface area (Å²) in [4.78, 5) is 0. The van der Waals surface area contributed by atoms with E-state index in [0.717, 1.165) is 18.6 Å². The third kappa shape index (κ3) is 4.97. The molecule has 0 bridgehead atoms. The van der Waals surface area contributed by atoms with E-state index in [1.165, 1.54) is 5.57 Å². The molecule has 0 aromatic rings. The van der Waals surface area contributed by atoms with Gasteiger partial charge in [0, 0.05) is 6.42 Å². The number of ether oxygens (including phenoxy) is 1. The van der Waals surface area contributed by atoms with Gasteiger partial charge in [-0.2, -0.15) is 0 Å². The lowest BCUT2D eigenvalue weighted by atomic mass is 10.2. The molecule has 0 fully saturated rings. The van der Waals surface area contributed by atoms with Crippen LogP contribution in [0.4, 0.5) is 0 Å². The summed E-state index contributed by atoms with van der Waals surface area (Å²) in [5, 5.41) is 0. The van der Waals surface area contributed by atoms with E-state index in [9.17, 15) is 0 Å². The highest BCUT2D eigenvalue weighted by Gasteiger charge is 1.96. The second kappa shape index (κ2) is 6.92.